The van der Waals surface area contributed by atoms with E-state index < -0.39 is 6.04 Å². The fourth-order valence-corrected chi connectivity index (χ4v) is 2.73. The lowest BCUT2D eigenvalue weighted by atomic mass is 9.98. The number of likely N-dealkylation sites (tertiary alicyclic amines) is 1. The Balaban J connectivity index is 2.00. The van der Waals surface area contributed by atoms with E-state index in [2.05, 4.69) is 34.3 Å². The first kappa shape index (κ1) is 16.5. The fourth-order valence-electron chi connectivity index (χ4n) is 2.73. The van der Waals surface area contributed by atoms with Crippen molar-refractivity contribution >= 4 is 11.8 Å². The number of H-pyrrole nitrogens is 1. The molecule has 1 aliphatic heterocycles. The average Bonchev–Trinajstić information content (AvgIpc) is 2.88. The van der Waals surface area contributed by atoms with Crippen LogP contribution in [0.5, 0.6) is 0 Å². The van der Waals surface area contributed by atoms with Crippen molar-refractivity contribution < 1.29 is 9.59 Å². The van der Waals surface area contributed by atoms with E-state index in [0.717, 1.165) is 12.8 Å². The molecular formula is C15H25N5O2. The molecule has 0 spiro atoms. The zero-order chi connectivity index (χ0) is 16.1. The lowest BCUT2D eigenvalue weighted by Gasteiger charge is -2.34. The largest absolute Gasteiger partial charge is 0.347 e. The number of aryl methyl sites for hydroxylation is 1. The highest BCUT2D eigenvalue weighted by Gasteiger charge is 2.31. The highest BCUT2D eigenvalue weighted by atomic mass is 16.2. The van der Waals surface area contributed by atoms with Gasteiger partial charge in [0.2, 0.25) is 11.8 Å². The van der Waals surface area contributed by atoms with Gasteiger partial charge in [-0.05, 0) is 32.1 Å². The van der Waals surface area contributed by atoms with Crippen LogP contribution in [0.4, 0.5) is 0 Å². The molecule has 1 aliphatic rings. The van der Waals surface area contributed by atoms with Crippen molar-refractivity contribution in [3.05, 3.63) is 11.6 Å². The summed E-state index contributed by atoms with van der Waals surface area (Å²) in [7, 11) is 0. The molecule has 0 unspecified atom stereocenters. The Bertz CT molecular complexity index is 526. The van der Waals surface area contributed by atoms with Crippen LogP contribution >= 0.6 is 0 Å². The number of hydrogen-bond acceptors (Lipinski definition) is 4. The molecule has 7 heteroatoms. The molecule has 1 aromatic rings. The summed E-state index contributed by atoms with van der Waals surface area (Å²) >= 11 is 0. The van der Waals surface area contributed by atoms with Gasteiger partial charge >= 0.3 is 0 Å². The van der Waals surface area contributed by atoms with Crippen LogP contribution in [0.3, 0.4) is 0 Å². The van der Waals surface area contributed by atoms with E-state index in [1.165, 1.54) is 0 Å². The highest BCUT2D eigenvalue weighted by Crippen LogP contribution is 2.19. The molecule has 2 heterocycles. The lowest BCUT2D eigenvalue weighted by molar-refractivity contribution is -0.143. The molecule has 2 amide bonds. The number of rotatable bonds is 6. The molecule has 2 N–H and O–H groups in total. The number of carbonyl (C=O) groups excluding carboxylic acids is 2. The molecule has 22 heavy (non-hydrogen) atoms. The number of aromatic amines is 1. The number of nitrogens with zero attached hydrogens (tertiary/aromatic N) is 3. The predicted molar refractivity (Wildman–Crippen MR) is 81.8 cm³/mol. The monoisotopic (exact) mass is 307 g/mol. The number of carbonyl (C=O) groups is 2. The second-order valence-electron chi connectivity index (χ2n) is 6.24. The van der Waals surface area contributed by atoms with Crippen LogP contribution in [0.2, 0.25) is 0 Å². The van der Waals surface area contributed by atoms with Gasteiger partial charge in [-0.15, -0.1) is 0 Å². The Morgan fingerprint density at radius 3 is 2.77 bits per heavy atom. The maximum Gasteiger partial charge on any atom is 0.243 e. The van der Waals surface area contributed by atoms with Gasteiger partial charge in [-0.1, -0.05) is 13.8 Å². The topological polar surface area (TPSA) is 91.0 Å². The first-order valence-electron chi connectivity index (χ1n) is 7.92. The molecule has 0 aromatic carbocycles. The van der Waals surface area contributed by atoms with E-state index in [9.17, 15) is 9.59 Å². The molecule has 0 bridgehead atoms. The van der Waals surface area contributed by atoms with E-state index in [-0.39, 0.29) is 18.4 Å². The van der Waals surface area contributed by atoms with E-state index in [4.69, 9.17) is 0 Å². The Morgan fingerprint density at radius 2 is 2.18 bits per heavy atom. The van der Waals surface area contributed by atoms with Gasteiger partial charge in [0.15, 0.2) is 5.82 Å². The predicted octanol–water partition coefficient (Wildman–Crippen LogP) is 1.16. The maximum absolute atomic E-state index is 12.5. The highest BCUT2D eigenvalue weighted by molar-refractivity contribution is 5.87. The molecule has 122 valence electrons. The number of nitrogens with one attached hydrogen (secondary N) is 2. The third kappa shape index (κ3) is 4.29. The Hall–Kier alpha value is -1.92. The van der Waals surface area contributed by atoms with Gasteiger partial charge in [-0.2, -0.15) is 5.10 Å². The summed E-state index contributed by atoms with van der Waals surface area (Å²) in [4.78, 5) is 30.6. The fraction of sp³-hybridized carbons (Fsp3) is 0.733. The van der Waals surface area contributed by atoms with Gasteiger partial charge in [0.25, 0.3) is 0 Å². The summed E-state index contributed by atoms with van der Waals surface area (Å²) in [5.41, 5.74) is 0. The van der Waals surface area contributed by atoms with Crippen molar-refractivity contribution in [2.24, 2.45) is 5.92 Å². The minimum Gasteiger partial charge on any atom is -0.347 e. The molecule has 0 saturated carbocycles. The third-order valence-electron chi connectivity index (χ3n) is 3.80. The molecular weight excluding hydrogens is 282 g/mol. The van der Waals surface area contributed by atoms with Gasteiger partial charge in [0.1, 0.15) is 11.9 Å². The molecule has 0 aliphatic carbocycles. The van der Waals surface area contributed by atoms with Crippen molar-refractivity contribution in [3.63, 3.8) is 0 Å². The quantitative estimate of drug-likeness (QED) is 0.825. The number of amides is 2. The van der Waals surface area contributed by atoms with E-state index in [1.807, 2.05) is 6.92 Å². The summed E-state index contributed by atoms with van der Waals surface area (Å²) < 4.78 is 0. The molecule has 2 rings (SSSR count). The molecule has 7 nitrogen and oxygen atoms in total. The van der Waals surface area contributed by atoms with Crippen LogP contribution in [0.25, 0.3) is 0 Å². The number of hydrogen-bond donors (Lipinski definition) is 2. The smallest absolute Gasteiger partial charge is 0.243 e. The Morgan fingerprint density at radius 1 is 1.41 bits per heavy atom. The van der Waals surface area contributed by atoms with Gasteiger partial charge in [-0.25, -0.2) is 4.98 Å². The standard InChI is InChI=1S/C15H25N5O2/c1-10(2)8-12(20-7-5-4-6-14(20)21)15(22)16-9-13-17-11(3)18-19-13/h10,12H,4-9H2,1-3H3,(H,16,22)(H,17,18,19)/t12-/m0/s1. The van der Waals surface area contributed by atoms with Gasteiger partial charge < -0.3 is 10.2 Å². The SMILES string of the molecule is Cc1nc(CNC(=O)[C@H](CC(C)C)N2CCCCC2=O)n[nH]1. The van der Waals surface area contributed by atoms with E-state index in [0.29, 0.717) is 37.0 Å². The summed E-state index contributed by atoms with van der Waals surface area (Å²) in [6, 6.07) is -0.396. The van der Waals surface area contributed by atoms with Crippen molar-refractivity contribution in [1.29, 1.82) is 0 Å². The summed E-state index contributed by atoms with van der Waals surface area (Å²) in [5, 5.41) is 9.61. The van der Waals surface area contributed by atoms with Crippen molar-refractivity contribution in [1.82, 2.24) is 25.4 Å². The number of aromatic nitrogens is 3. The summed E-state index contributed by atoms with van der Waals surface area (Å²) in [5.74, 6) is 1.58. The maximum atomic E-state index is 12.5. The van der Waals surface area contributed by atoms with Crippen molar-refractivity contribution in [2.75, 3.05) is 6.54 Å². The minimum absolute atomic E-state index is 0.0841. The van der Waals surface area contributed by atoms with Crippen LogP contribution in [0.1, 0.15) is 51.2 Å². The van der Waals surface area contributed by atoms with Crippen molar-refractivity contribution in [3.8, 4) is 0 Å². The van der Waals surface area contributed by atoms with Gasteiger partial charge in [0, 0.05) is 13.0 Å². The molecule has 1 atom stereocenters. The molecule has 1 aromatic heterocycles. The minimum atomic E-state index is -0.396. The molecule has 0 radical (unpaired) electrons. The van der Waals surface area contributed by atoms with Crippen LogP contribution in [-0.4, -0.2) is 44.5 Å². The third-order valence-corrected chi connectivity index (χ3v) is 3.80. The lowest BCUT2D eigenvalue weighted by Crippen LogP contribution is -2.51. The number of piperidine rings is 1. The second kappa shape index (κ2) is 7.38. The van der Waals surface area contributed by atoms with Crippen LogP contribution in [0, 0.1) is 12.8 Å². The first-order chi connectivity index (χ1) is 10.5. The van der Waals surface area contributed by atoms with E-state index in [1.54, 1.807) is 4.90 Å². The van der Waals surface area contributed by atoms with Crippen molar-refractivity contribution in [2.45, 2.75) is 59.0 Å². The molecule has 1 saturated heterocycles. The first-order valence-corrected chi connectivity index (χ1v) is 7.92. The van der Waals surface area contributed by atoms with Gasteiger partial charge in [-0.3, -0.25) is 14.7 Å². The molecule has 1 fully saturated rings. The Labute approximate surface area is 130 Å². The average molecular weight is 307 g/mol. The zero-order valence-electron chi connectivity index (χ0n) is 13.6. The summed E-state index contributed by atoms with van der Waals surface area (Å²) in [6.45, 7) is 6.89. The van der Waals surface area contributed by atoms with Crippen LogP contribution in [-0.2, 0) is 16.1 Å². The summed E-state index contributed by atoms with van der Waals surface area (Å²) in [6.07, 6.45) is 3.10. The van der Waals surface area contributed by atoms with E-state index >= 15 is 0 Å². The zero-order valence-corrected chi connectivity index (χ0v) is 13.6. The normalized spacial score (nSPS) is 16.9. The second-order valence-corrected chi connectivity index (χ2v) is 6.24. The van der Waals surface area contributed by atoms with Crippen LogP contribution < -0.4 is 5.32 Å². The Kier molecular flexibility index (Phi) is 5.51. The van der Waals surface area contributed by atoms with Crippen LogP contribution in [0.15, 0.2) is 0 Å². The van der Waals surface area contributed by atoms with Gasteiger partial charge in [0.05, 0.1) is 6.54 Å².